The minimum Gasteiger partial charge on any atom is -0.335 e. The Morgan fingerprint density at radius 2 is 2.22 bits per heavy atom. The van der Waals surface area contributed by atoms with Crippen molar-refractivity contribution < 1.29 is 0 Å². The number of rotatable bonds is 6. The van der Waals surface area contributed by atoms with Gasteiger partial charge in [-0.25, -0.2) is 4.98 Å². The van der Waals surface area contributed by atoms with E-state index in [1.54, 1.807) is 0 Å². The maximum Gasteiger partial charge on any atom is 0.154 e. The largest absolute Gasteiger partial charge is 0.335 e. The van der Waals surface area contributed by atoms with Crippen LogP contribution in [0.1, 0.15) is 31.2 Å². The molecule has 0 aliphatic heterocycles. The highest BCUT2D eigenvalue weighted by Gasteiger charge is 2.15. The first kappa shape index (κ1) is 16.5. The molecular weight excluding hydrogens is 376 g/mol. The molecule has 0 saturated heterocycles. The summed E-state index contributed by atoms with van der Waals surface area (Å²) < 4.78 is 6.27. The van der Waals surface area contributed by atoms with Crippen LogP contribution in [0.15, 0.2) is 39.2 Å². The molecule has 0 atom stereocenters. The molecule has 1 aromatic heterocycles. The molecular formula is C16H19BrN4OS. The number of hydrogen-bond acceptors (Lipinski definition) is 5. The van der Waals surface area contributed by atoms with E-state index in [-0.39, 0.29) is 0 Å². The molecule has 1 aliphatic carbocycles. The third-order valence-corrected chi connectivity index (χ3v) is 5.46. The Morgan fingerprint density at radius 3 is 2.96 bits per heavy atom. The fourth-order valence-electron chi connectivity index (χ4n) is 3.01. The van der Waals surface area contributed by atoms with E-state index >= 15 is 0 Å². The Balaban J connectivity index is 1.64. The first-order valence-electron chi connectivity index (χ1n) is 7.74. The van der Waals surface area contributed by atoms with Gasteiger partial charge in [-0.2, -0.15) is 0 Å². The second-order valence-electron chi connectivity index (χ2n) is 5.97. The minimum atomic E-state index is 0.469. The van der Waals surface area contributed by atoms with E-state index < -0.39 is 0 Å². The summed E-state index contributed by atoms with van der Waals surface area (Å²) in [6.45, 7) is 2.92. The van der Waals surface area contributed by atoms with Gasteiger partial charge >= 0.3 is 0 Å². The first-order valence-corrected chi connectivity index (χ1v) is 9.35. The summed E-state index contributed by atoms with van der Waals surface area (Å²) in [7, 11) is 0. The van der Waals surface area contributed by atoms with Gasteiger partial charge in [0.15, 0.2) is 5.82 Å². The van der Waals surface area contributed by atoms with E-state index in [1.807, 2.05) is 31.6 Å². The van der Waals surface area contributed by atoms with E-state index in [2.05, 4.69) is 35.4 Å². The predicted octanol–water partition coefficient (Wildman–Crippen LogP) is 5.66. The zero-order chi connectivity index (χ0) is 16.2. The Kier molecular flexibility index (Phi) is 5.38. The number of nitrogens with zero attached hydrogens (tertiary/aromatic N) is 3. The number of aromatic nitrogens is 2. The van der Waals surface area contributed by atoms with E-state index in [1.165, 1.54) is 37.6 Å². The lowest BCUT2D eigenvalue weighted by molar-refractivity contribution is 0.457. The fraction of sp³-hybridized carbons (Fsp3) is 0.438. The summed E-state index contributed by atoms with van der Waals surface area (Å²) in [5.41, 5.74) is 1.32. The normalized spacial score (nSPS) is 15.0. The number of benzene rings is 1. The van der Waals surface area contributed by atoms with Crippen molar-refractivity contribution in [2.45, 2.75) is 44.0 Å². The quantitative estimate of drug-likeness (QED) is 0.506. The maximum atomic E-state index is 11.0. The lowest BCUT2D eigenvalue weighted by Gasteiger charge is -2.09. The van der Waals surface area contributed by atoms with Crippen molar-refractivity contribution in [3.05, 3.63) is 39.6 Å². The summed E-state index contributed by atoms with van der Waals surface area (Å²) in [5, 5.41) is 3.14. The molecule has 0 spiro atoms. The SMILES string of the molecule is Cc1cc(Br)cc(SNc2cn(CC3CCCC3)cn2)c1N=O. The van der Waals surface area contributed by atoms with Crippen molar-refractivity contribution in [2.75, 3.05) is 4.72 Å². The molecule has 3 rings (SSSR count). The van der Waals surface area contributed by atoms with Gasteiger partial charge in [0.2, 0.25) is 0 Å². The van der Waals surface area contributed by atoms with Crippen molar-refractivity contribution in [1.29, 1.82) is 0 Å². The van der Waals surface area contributed by atoms with Crippen LogP contribution < -0.4 is 4.72 Å². The van der Waals surface area contributed by atoms with Crippen molar-refractivity contribution in [2.24, 2.45) is 11.1 Å². The Morgan fingerprint density at radius 1 is 1.43 bits per heavy atom. The second kappa shape index (κ2) is 7.49. The molecule has 1 aromatic carbocycles. The van der Waals surface area contributed by atoms with Crippen molar-refractivity contribution >= 4 is 39.4 Å². The topological polar surface area (TPSA) is 59.3 Å². The van der Waals surface area contributed by atoms with Crippen LogP contribution in [0.3, 0.4) is 0 Å². The van der Waals surface area contributed by atoms with Gasteiger partial charge in [0, 0.05) is 17.2 Å². The van der Waals surface area contributed by atoms with Gasteiger partial charge in [0.05, 0.1) is 11.2 Å². The molecule has 1 N–H and O–H groups in total. The van der Waals surface area contributed by atoms with E-state index in [9.17, 15) is 4.91 Å². The van der Waals surface area contributed by atoms with Crippen LogP contribution in [0.4, 0.5) is 11.5 Å². The first-order chi connectivity index (χ1) is 11.2. The van der Waals surface area contributed by atoms with Crippen LogP contribution in [0, 0.1) is 17.7 Å². The molecule has 5 nitrogen and oxygen atoms in total. The Hall–Kier alpha value is -1.34. The average molecular weight is 395 g/mol. The third-order valence-electron chi connectivity index (χ3n) is 4.16. The molecule has 1 fully saturated rings. The third kappa shape index (κ3) is 4.14. The van der Waals surface area contributed by atoms with Crippen molar-refractivity contribution in [1.82, 2.24) is 9.55 Å². The second-order valence-corrected chi connectivity index (χ2v) is 7.73. The van der Waals surface area contributed by atoms with Gasteiger partial charge in [-0.05, 0) is 60.5 Å². The summed E-state index contributed by atoms with van der Waals surface area (Å²) >= 11 is 4.81. The predicted molar refractivity (Wildman–Crippen MR) is 98.0 cm³/mol. The monoisotopic (exact) mass is 394 g/mol. The summed E-state index contributed by atoms with van der Waals surface area (Å²) in [6.07, 6.45) is 9.23. The zero-order valence-electron chi connectivity index (χ0n) is 13.0. The van der Waals surface area contributed by atoms with Gasteiger partial charge in [-0.15, -0.1) is 4.91 Å². The van der Waals surface area contributed by atoms with Crippen LogP contribution in [0.5, 0.6) is 0 Å². The molecule has 0 bridgehead atoms. The number of aryl methyl sites for hydroxylation is 1. The van der Waals surface area contributed by atoms with E-state index in [0.717, 1.165) is 33.2 Å². The van der Waals surface area contributed by atoms with Crippen LogP contribution in [0.25, 0.3) is 0 Å². The zero-order valence-corrected chi connectivity index (χ0v) is 15.4. The van der Waals surface area contributed by atoms with Gasteiger partial charge in [-0.3, -0.25) is 0 Å². The summed E-state index contributed by atoms with van der Waals surface area (Å²) in [4.78, 5) is 16.2. The smallest absolute Gasteiger partial charge is 0.154 e. The molecule has 1 heterocycles. The number of anilines is 1. The highest BCUT2D eigenvalue weighted by Crippen LogP contribution is 2.35. The number of nitroso groups, excluding NO2 is 1. The molecule has 0 radical (unpaired) electrons. The van der Waals surface area contributed by atoms with E-state index in [4.69, 9.17) is 0 Å². The molecule has 1 aliphatic rings. The number of hydrogen-bond donors (Lipinski definition) is 1. The standard InChI is InChI=1S/C16H19BrN4OS/c1-11-6-13(17)7-14(16(11)19-22)23-20-15-9-21(10-18-15)8-12-4-2-3-5-12/h6-7,9-10,12,20H,2-5,8H2,1H3. The maximum absolute atomic E-state index is 11.0. The summed E-state index contributed by atoms with van der Waals surface area (Å²) in [5.74, 6) is 1.57. The molecule has 2 aromatic rings. The number of imidazole rings is 1. The lowest BCUT2D eigenvalue weighted by atomic mass is 10.1. The lowest BCUT2D eigenvalue weighted by Crippen LogP contribution is -2.04. The van der Waals surface area contributed by atoms with Gasteiger partial charge < -0.3 is 9.29 Å². The fourth-order valence-corrected chi connectivity index (χ4v) is 4.54. The Bertz CT molecular complexity index is 697. The van der Waals surface area contributed by atoms with Crippen molar-refractivity contribution in [3.63, 3.8) is 0 Å². The highest BCUT2D eigenvalue weighted by molar-refractivity contribution is 9.10. The highest BCUT2D eigenvalue weighted by atomic mass is 79.9. The summed E-state index contributed by atoms with van der Waals surface area (Å²) in [6, 6.07) is 3.77. The van der Waals surface area contributed by atoms with Gasteiger partial charge in [0.1, 0.15) is 5.69 Å². The minimum absolute atomic E-state index is 0.469. The van der Waals surface area contributed by atoms with Crippen LogP contribution in [-0.2, 0) is 6.54 Å². The molecule has 122 valence electrons. The van der Waals surface area contributed by atoms with Gasteiger partial charge in [0.25, 0.3) is 0 Å². The number of nitrogens with one attached hydrogen (secondary N) is 1. The molecule has 23 heavy (non-hydrogen) atoms. The van der Waals surface area contributed by atoms with Crippen molar-refractivity contribution in [3.8, 4) is 0 Å². The molecule has 0 amide bonds. The molecule has 7 heteroatoms. The molecule has 0 unspecified atom stereocenters. The Labute approximate surface area is 148 Å². The van der Waals surface area contributed by atoms with Gasteiger partial charge in [-0.1, -0.05) is 28.8 Å². The number of halogens is 1. The van der Waals surface area contributed by atoms with E-state index in [0.29, 0.717) is 5.69 Å². The van der Waals surface area contributed by atoms with Crippen LogP contribution in [0.2, 0.25) is 0 Å². The molecule has 1 saturated carbocycles. The van der Waals surface area contributed by atoms with Crippen LogP contribution >= 0.6 is 27.9 Å². The van der Waals surface area contributed by atoms with Crippen LogP contribution in [-0.4, -0.2) is 9.55 Å². The average Bonchev–Trinajstić information content (AvgIpc) is 3.17.